The predicted octanol–water partition coefficient (Wildman–Crippen LogP) is 3.69. The zero-order chi connectivity index (χ0) is 21.8. The first-order valence-corrected chi connectivity index (χ1v) is 10.5. The Kier molecular flexibility index (Phi) is 6.32. The summed E-state index contributed by atoms with van der Waals surface area (Å²) in [5, 5.41) is 7.40. The van der Waals surface area contributed by atoms with Crippen LogP contribution >= 0.6 is 11.6 Å². The lowest BCUT2D eigenvalue weighted by Crippen LogP contribution is -2.40. The van der Waals surface area contributed by atoms with E-state index >= 15 is 0 Å². The van der Waals surface area contributed by atoms with Crippen LogP contribution < -0.4 is 5.32 Å². The summed E-state index contributed by atoms with van der Waals surface area (Å²) in [5.41, 5.74) is 2.01. The van der Waals surface area contributed by atoms with Gasteiger partial charge < -0.3 is 10.2 Å². The molecule has 31 heavy (non-hydrogen) atoms. The van der Waals surface area contributed by atoms with E-state index in [1.807, 2.05) is 18.2 Å². The average molecular weight is 441 g/mol. The lowest BCUT2D eigenvalue weighted by atomic mass is 10.1. The van der Waals surface area contributed by atoms with Crippen molar-refractivity contribution in [3.63, 3.8) is 0 Å². The molecule has 3 aromatic rings. The monoisotopic (exact) mass is 440 g/mol. The van der Waals surface area contributed by atoms with Gasteiger partial charge >= 0.3 is 0 Å². The first-order valence-electron chi connectivity index (χ1n) is 10.1. The fourth-order valence-corrected chi connectivity index (χ4v) is 3.83. The number of nitrogens with zero attached hydrogens (tertiary/aromatic N) is 3. The zero-order valence-electron chi connectivity index (χ0n) is 16.9. The van der Waals surface area contributed by atoms with Crippen LogP contribution in [-0.4, -0.2) is 39.6 Å². The lowest BCUT2D eigenvalue weighted by molar-refractivity contribution is 0.0681. The quantitative estimate of drug-likeness (QED) is 0.570. The Labute approximate surface area is 184 Å². The highest BCUT2D eigenvalue weighted by Crippen LogP contribution is 2.23. The summed E-state index contributed by atoms with van der Waals surface area (Å²) in [6, 6.07) is 16.0. The smallest absolute Gasteiger partial charge is 0.272 e. The van der Waals surface area contributed by atoms with Gasteiger partial charge in [0.1, 0.15) is 11.5 Å². The first kappa shape index (κ1) is 21.1. The lowest BCUT2D eigenvalue weighted by Gasteiger charge is -2.27. The minimum atomic E-state index is -0.449. The number of hydrogen-bond donors (Lipinski definition) is 1. The fourth-order valence-electron chi connectivity index (χ4n) is 3.60. The number of aryl methyl sites for hydroxylation is 1. The molecule has 2 heterocycles. The van der Waals surface area contributed by atoms with Gasteiger partial charge in [0.05, 0.1) is 13.1 Å². The van der Waals surface area contributed by atoms with Gasteiger partial charge in [-0.05, 0) is 30.5 Å². The van der Waals surface area contributed by atoms with Crippen LogP contribution in [0.5, 0.6) is 0 Å². The molecule has 0 saturated heterocycles. The Balaban J connectivity index is 1.36. The second-order valence-corrected chi connectivity index (χ2v) is 7.82. The number of benzene rings is 2. The number of halogens is 2. The van der Waals surface area contributed by atoms with Crippen molar-refractivity contribution in [2.75, 3.05) is 13.1 Å². The molecule has 1 aliphatic heterocycles. The summed E-state index contributed by atoms with van der Waals surface area (Å²) in [5.74, 6) is -1.07. The van der Waals surface area contributed by atoms with E-state index in [0.717, 1.165) is 12.8 Å². The van der Waals surface area contributed by atoms with Gasteiger partial charge in [-0.2, -0.15) is 5.10 Å². The van der Waals surface area contributed by atoms with E-state index in [2.05, 4.69) is 22.5 Å². The Morgan fingerprint density at radius 1 is 1.13 bits per heavy atom. The van der Waals surface area contributed by atoms with E-state index in [9.17, 15) is 14.0 Å². The van der Waals surface area contributed by atoms with Crippen LogP contribution in [0.3, 0.4) is 0 Å². The molecule has 0 spiro atoms. The first-order chi connectivity index (χ1) is 15.0. The number of hydrogen-bond acceptors (Lipinski definition) is 3. The van der Waals surface area contributed by atoms with Crippen molar-refractivity contribution in [1.29, 1.82) is 0 Å². The van der Waals surface area contributed by atoms with Crippen LogP contribution in [0, 0.1) is 5.82 Å². The van der Waals surface area contributed by atoms with E-state index in [0.29, 0.717) is 25.3 Å². The van der Waals surface area contributed by atoms with Gasteiger partial charge in [-0.3, -0.25) is 14.3 Å². The maximum absolute atomic E-state index is 14.1. The second-order valence-electron chi connectivity index (χ2n) is 7.41. The van der Waals surface area contributed by atoms with E-state index < -0.39 is 5.82 Å². The minimum absolute atomic E-state index is 0.0660. The highest BCUT2D eigenvalue weighted by atomic mass is 35.5. The third-order valence-corrected chi connectivity index (χ3v) is 5.64. The van der Waals surface area contributed by atoms with Crippen molar-refractivity contribution in [3.05, 3.63) is 88.0 Å². The molecule has 0 bridgehead atoms. The van der Waals surface area contributed by atoms with Crippen molar-refractivity contribution in [3.8, 4) is 0 Å². The number of amides is 2. The molecule has 6 nitrogen and oxygen atoms in total. The fraction of sp³-hybridized carbons (Fsp3) is 0.261. The second kappa shape index (κ2) is 9.31. The van der Waals surface area contributed by atoms with Crippen LogP contribution in [0.2, 0.25) is 5.02 Å². The minimum Gasteiger partial charge on any atom is -0.351 e. The largest absolute Gasteiger partial charge is 0.351 e. The number of fused-ring (bicyclic) bond motifs is 1. The van der Waals surface area contributed by atoms with E-state index in [1.165, 1.54) is 33.3 Å². The normalized spacial score (nSPS) is 13.2. The summed E-state index contributed by atoms with van der Waals surface area (Å²) in [4.78, 5) is 26.8. The SMILES string of the molecule is O=C(NCCCc1ccccc1)c1cc2n(n1)CCN(Cc1c(F)cccc1Cl)C2=O. The van der Waals surface area contributed by atoms with Crippen LogP contribution in [0.1, 0.15) is 38.5 Å². The summed E-state index contributed by atoms with van der Waals surface area (Å²) in [6.45, 7) is 1.36. The number of rotatable bonds is 7. The average Bonchev–Trinajstić information content (AvgIpc) is 3.21. The molecule has 0 aliphatic carbocycles. The number of aromatic nitrogens is 2. The maximum Gasteiger partial charge on any atom is 0.272 e. The Hall–Kier alpha value is -3.19. The van der Waals surface area contributed by atoms with Gasteiger partial charge in [-0.1, -0.05) is 48.0 Å². The van der Waals surface area contributed by atoms with Crippen molar-refractivity contribution in [2.24, 2.45) is 0 Å². The van der Waals surface area contributed by atoms with Crippen LogP contribution in [0.4, 0.5) is 4.39 Å². The van der Waals surface area contributed by atoms with Crippen LogP contribution in [0.25, 0.3) is 0 Å². The van der Waals surface area contributed by atoms with Gasteiger partial charge in [0, 0.05) is 29.7 Å². The highest BCUT2D eigenvalue weighted by Gasteiger charge is 2.28. The van der Waals surface area contributed by atoms with E-state index in [4.69, 9.17) is 11.6 Å². The Bertz CT molecular complexity index is 1080. The molecular formula is C23H22ClFN4O2. The molecular weight excluding hydrogens is 419 g/mol. The molecule has 2 aromatic carbocycles. The zero-order valence-corrected chi connectivity index (χ0v) is 17.6. The third-order valence-electron chi connectivity index (χ3n) is 5.28. The molecule has 1 N–H and O–H groups in total. The van der Waals surface area contributed by atoms with Gasteiger partial charge in [-0.15, -0.1) is 0 Å². The van der Waals surface area contributed by atoms with Gasteiger partial charge in [-0.25, -0.2) is 4.39 Å². The topological polar surface area (TPSA) is 67.2 Å². The molecule has 1 aliphatic rings. The standard InChI is InChI=1S/C23H22ClFN4O2/c24-18-9-4-10-19(25)17(18)15-28-12-13-29-21(23(28)31)14-20(27-29)22(30)26-11-5-8-16-6-2-1-3-7-16/h1-4,6-7,9-10,14H,5,8,11-13,15H2,(H,26,30). The van der Waals surface area contributed by atoms with Gasteiger partial charge in [0.2, 0.25) is 0 Å². The Morgan fingerprint density at radius 2 is 1.94 bits per heavy atom. The van der Waals surface area contributed by atoms with Crippen molar-refractivity contribution < 1.29 is 14.0 Å². The molecule has 0 saturated carbocycles. The van der Waals surface area contributed by atoms with Crippen LogP contribution in [-0.2, 0) is 19.5 Å². The molecule has 2 amide bonds. The van der Waals surface area contributed by atoms with Crippen molar-refractivity contribution in [2.45, 2.75) is 25.9 Å². The Morgan fingerprint density at radius 3 is 2.71 bits per heavy atom. The van der Waals surface area contributed by atoms with Gasteiger partial charge in [0.15, 0.2) is 5.69 Å². The third kappa shape index (κ3) is 4.77. The number of carbonyl (C=O) groups excluding carboxylic acids is 2. The molecule has 0 atom stereocenters. The maximum atomic E-state index is 14.1. The molecule has 0 unspecified atom stereocenters. The number of carbonyl (C=O) groups is 2. The molecule has 8 heteroatoms. The molecule has 4 rings (SSSR count). The van der Waals surface area contributed by atoms with E-state index in [1.54, 1.807) is 6.07 Å². The van der Waals surface area contributed by atoms with Crippen molar-refractivity contribution in [1.82, 2.24) is 20.0 Å². The molecule has 1 aromatic heterocycles. The van der Waals surface area contributed by atoms with E-state index in [-0.39, 0.29) is 34.6 Å². The molecule has 0 fully saturated rings. The summed E-state index contributed by atoms with van der Waals surface area (Å²) in [7, 11) is 0. The molecule has 160 valence electrons. The summed E-state index contributed by atoms with van der Waals surface area (Å²) < 4.78 is 15.6. The molecule has 0 radical (unpaired) electrons. The summed E-state index contributed by atoms with van der Waals surface area (Å²) >= 11 is 6.09. The van der Waals surface area contributed by atoms with Crippen molar-refractivity contribution >= 4 is 23.4 Å². The summed E-state index contributed by atoms with van der Waals surface area (Å²) in [6.07, 6.45) is 1.67. The number of nitrogens with one attached hydrogen (secondary N) is 1. The highest BCUT2D eigenvalue weighted by molar-refractivity contribution is 6.31. The van der Waals surface area contributed by atoms with Gasteiger partial charge in [0.25, 0.3) is 11.8 Å². The van der Waals surface area contributed by atoms with Crippen LogP contribution in [0.15, 0.2) is 54.6 Å². The predicted molar refractivity (Wildman–Crippen MR) is 115 cm³/mol.